The lowest BCUT2D eigenvalue weighted by molar-refractivity contribution is 0.0504. The van der Waals surface area contributed by atoms with Crippen LogP contribution in [0.4, 0.5) is 4.79 Å². The molecule has 0 saturated carbocycles. The van der Waals surface area contributed by atoms with Gasteiger partial charge in [0, 0.05) is 43.4 Å². The number of nitrogens with one attached hydrogen (secondary N) is 1. The second-order valence-corrected chi connectivity index (χ2v) is 7.91. The van der Waals surface area contributed by atoms with E-state index in [0.29, 0.717) is 17.3 Å². The van der Waals surface area contributed by atoms with Crippen LogP contribution in [-0.4, -0.2) is 53.0 Å². The molecular weight excluding hydrogens is 342 g/mol. The number of ketones is 1. The molecule has 2 atom stereocenters. The van der Waals surface area contributed by atoms with Crippen molar-refractivity contribution in [1.29, 1.82) is 0 Å². The Bertz CT molecular complexity index is 613. The first-order valence-corrected chi connectivity index (χ1v) is 8.89. The zero-order valence-corrected chi connectivity index (χ0v) is 16.0. The Morgan fingerprint density at radius 1 is 1.44 bits per heavy atom. The number of rotatable bonds is 5. The minimum atomic E-state index is -0.504. The Morgan fingerprint density at radius 2 is 2.16 bits per heavy atom. The molecule has 0 aliphatic carbocycles. The SMILES string of the molecule is CC(CN1CCC(NC(=O)OC(C)(C)C)C1)C(=O)c1ccc(Cl)nc1. The van der Waals surface area contributed by atoms with Crippen LogP contribution in [0, 0.1) is 5.92 Å². The van der Waals surface area contributed by atoms with Crippen LogP contribution >= 0.6 is 11.6 Å². The predicted octanol–water partition coefficient (Wildman–Crippen LogP) is 3.15. The normalized spacial score (nSPS) is 19.5. The van der Waals surface area contributed by atoms with Crippen LogP contribution in [-0.2, 0) is 4.74 Å². The Balaban J connectivity index is 1.81. The number of halogens is 1. The van der Waals surface area contributed by atoms with Gasteiger partial charge < -0.3 is 15.0 Å². The monoisotopic (exact) mass is 367 g/mol. The summed E-state index contributed by atoms with van der Waals surface area (Å²) in [5, 5.41) is 3.27. The fourth-order valence-corrected chi connectivity index (χ4v) is 2.98. The van der Waals surface area contributed by atoms with Crippen LogP contribution in [0.15, 0.2) is 18.3 Å². The van der Waals surface area contributed by atoms with Crippen LogP contribution in [0.2, 0.25) is 5.15 Å². The largest absolute Gasteiger partial charge is 0.444 e. The first kappa shape index (κ1) is 19.7. The molecule has 2 unspecified atom stereocenters. The Hall–Kier alpha value is -1.66. The molecular formula is C18H26ClN3O3. The highest BCUT2D eigenvalue weighted by Gasteiger charge is 2.28. The number of hydrogen-bond acceptors (Lipinski definition) is 5. The number of alkyl carbamates (subject to hydrolysis) is 1. The zero-order chi connectivity index (χ0) is 18.6. The lowest BCUT2D eigenvalue weighted by atomic mass is 10.0. The molecule has 1 aliphatic rings. The Morgan fingerprint density at radius 3 is 2.76 bits per heavy atom. The fourth-order valence-electron chi connectivity index (χ4n) is 2.87. The minimum absolute atomic E-state index is 0.0488. The highest BCUT2D eigenvalue weighted by molar-refractivity contribution is 6.29. The molecule has 1 aromatic rings. The third kappa shape index (κ3) is 6.29. The first-order chi connectivity index (χ1) is 11.6. The third-order valence-electron chi connectivity index (χ3n) is 3.98. The van der Waals surface area contributed by atoms with Gasteiger partial charge in [0.25, 0.3) is 0 Å². The lowest BCUT2D eigenvalue weighted by Crippen LogP contribution is -2.41. The molecule has 1 aromatic heterocycles. The Labute approximate surface area is 153 Å². The van der Waals surface area contributed by atoms with E-state index in [4.69, 9.17) is 16.3 Å². The second-order valence-electron chi connectivity index (χ2n) is 7.53. The molecule has 1 N–H and O–H groups in total. The number of amides is 1. The van der Waals surface area contributed by atoms with E-state index in [-0.39, 0.29) is 17.7 Å². The number of aromatic nitrogens is 1. The molecule has 2 rings (SSSR count). The molecule has 7 heteroatoms. The highest BCUT2D eigenvalue weighted by Crippen LogP contribution is 2.16. The third-order valence-corrected chi connectivity index (χ3v) is 4.21. The van der Waals surface area contributed by atoms with Crippen molar-refractivity contribution in [2.75, 3.05) is 19.6 Å². The summed E-state index contributed by atoms with van der Waals surface area (Å²) in [5.41, 5.74) is 0.0650. The standard InChI is InChI=1S/C18H26ClN3O3/c1-12(16(23)13-5-6-15(19)20-9-13)10-22-8-7-14(11-22)21-17(24)25-18(2,3)4/h5-6,9,12,14H,7-8,10-11H2,1-4H3,(H,21,24). The van der Waals surface area contributed by atoms with Gasteiger partial charge in [0.2, 0.25) is 0 Å². The molecule has 6 nitrogen and oxygen atoms in total. The summed E-state index contributed by atoms with van der Waals surface area (Å²) in [6.07, 6.45) is 1.97. The van der Waals surface area contributed by atoms with Gasteiger partial charge in [-0.1, -0.05) is 18.5 Å². The van der Waals surface area contributed by atoms with Crippen LogP contribution in [0.5, 0.6) is 0 Å². The van der Waals surface area contributed by atoms with Crippen molar-refractivity contribution in [3.63, 3.8) is 0 Å². The molecule has 0 spiro atoms. The Kier molecular flexibility index (Phi) is 6.41. The quantitative estimate of drug-likeness (QED) is 0.639. The summed E-state index contributed by atoms with van der Waals surface area (Å²) in [4.78, 5) is 30.4. The number of carbonyl (C=O) groups is 2. The molecule has 1 amide bonds. The average Bonchev–Trinajstić information content (AvgIpc) is 2.92. The number of pyridine rings is 1. The maximum atomic E-state index is 12.5. The number of hydrogen-bond donors (Lipinski definition) is 1. The number of Topliss-reactive ketones (excluding diaryl/α,β-unsaturated/α-hetero) is 1. The molecule has 138 valence electrons. The minimum Gasteiger partial charge on any atom is -0.444 e. The van der Waals surface area contributed by atoms with Gasteiger partial charge in [-0.25, -0.2) is 9.78 Å². The highest BCUT2D eigenvalue weighted by atomic mass is 35.5. The van der Waals surface area contributed by atoms with Gasteiger partial charge in [0.1, 0.15) is 10.8 Å². The summed E-state index contributed by atoms with van der Waals surface area (Å²) in [6, 6.07) is 3.37. The molecule has 25 heavy (non-hydrogen) atoms. The molecule has 1 saturated heterocycles. The predicted molar refractivity (Wildman–Crippen MR) is 97.0 cm³/mol. The van der Waals surface area contributed by atoms with Gasteiger partial charge in [-0.05, 0) is 39.3 Å². The summed E-state index contributed by atoms with van der Waals surface area (Å²) >= 11 is 5.76. The molecule has 0 radical (unpaired) electrons. The van der Waals surface area contributed by atoms with E-state index in [0.717, 1.165) is 19.5 Å². The second kappa shape index (κ2) is 8.15. The maximum Gasteiger partial charge on any atom is 0.407 e. The van der Waals surface area contributed by atoms with Gasteiger partial charge in [-0.15, -0.1) is 0 Å². The summed E-state index contributed by atoms with van der Waals surface area (Å²) in [7, 11) is 0. The van der Waals surface area contributed by atoms with Crippen LogP contribution in [0.3, 0.4) is 0 Å². The van der Waals surface area contributed by atoms with E-state index in [1.54, 1.807) is 12.1 Å². The van der Waals surface area contributed by atoms with Gasteiger partial charge in [-0.2, -0.15) is 0 Å². The number of carbonyl (C=O) groups excluding carboxylic acids is 2. The van der Waals surface area contributed by atoms with Gasteiger partial charge >= 0.3 is 6.09 Å². The van der Waals surface area contributed by atoms with Crippen LogP contribution in [0.25, 0.3) is 0 Å². The van der Waals surface area contributed by atoms with Crippen molar-refractivity contribution in [2.24, 2.45) is 5.92 Å². The average molecular weight is 368 g/mol. The summed E-state index contributed by atoms with van der Waals surface area (Å²) in [5.74, 6) is -0.101. The van der Waals surface area contributed by atoms with E-state index in [1.165, 1.54) is 6.20 Å². The van der Waals surface area contributed by atoms with Crippen molar-refractivity contribution < 1.29 is 14.3 Å². The van der Waals surface area contributed by atoms with Gasteiger partial charge in [0.15, 0.2) is 5.78 Å². The van der Waals surface area contributed by atoms with Crippen molar-refractivity contribution in [3.8, 4) is 0 Å². The van der Waals surface area contributed by atoms with Crippen molar-refractivity contribution >= 4 is 23.5 Å². The lowest BCUT2D eigenvalue weighted by Gasteiger charge is -2.22. The van der Waals surface area contributed by atoms with Crippen molar-refractivity contribution in [1.82, 2.24) is 15.2 Å². The van der Waals surface area contributed by atoms with E-state index < -0.39 is 11.7 Å². The van der Waals surface area contributed by atoms with Crippen LogP contribution in [0.1, 0.15) is 44.5 Å². The molecule has 2 heterocycles. The van der Waals surface area contributed by atoms with Crippen molar-refractivity contribution in [2.45, 2.75) is 45.8 Å². The van der Waals surface area contributed by atoms with E-state index in [9.17, 15) is 9.59 Å². The van der Waals surface area contributed by atoms with Crippen LogP contribution < -0.4 is 5.32 Å². The maximum absolute atomic E-state index is 12.5. The van der Waals surface area contributed by atoms with E-state index >= 15 is 0 Å². The molecule has 0 bridgehead atoms. The number of nitrogens with zero attached hydrogens (tertiary/aromatic N) is 2. The topological polar surface area (TPSA) is 71.5 Å². The summed E-state index contributed by atoms with van der Waals surface area (Å²) < 4.78 is 5.28. The van der Waals surface area contributed by atoms with E-state index in [1.807, 2.05) is 27.7 Å². The zero-order valence-electron chi connectivity index (χ0n) is 15.2. The molecule has 0 aromatic carbocycles. The van der Waals surface area contributed by atoms with Gasteiger partial charge in [-0.3, -0.25) is 4.79 Å². The fraction of sp³-hybridized carbons (Fsp3) is 0.611. The summed E-state index contributed by atoms with van der Waals surface area (Å²) in [6.45, 7) is 9.64. The smallest absolute Gasteiger partial charge is 0.407 e. The van der Waals surface area contributed by atoms with Crippen molar-refractivity contribution in [3.05, 3.63) is 29.0 Å². The number of likely N-dealkylation sites (tertiary alicyclic amines) is 1. The first-order valence-electron chi connectivity index (χ1n) is 8.51. The number of ether oxygens (including phenoxy) is 1. The molecule has 1 aliphatic heterocycles. The van der Waals surface area contributed by atoms with Gasteiger partial charge in [0.05, 0.1) is 0 Å². The van der Waals surface area contributed by atoms with E-state index in [2.05, 4.69) is 15.2 Å². The molecule has 1 fully saturated rings.